The van der Waals surface area contributed by atoms with E-state index in [2.05, 4.69) is 39.2 Å². The number of rotatable bonds is 8. The van der Waals surface area contributed by atoms with Crippen molar-refractivity contribution in [2.24, 2.45) is 7.05 Å². The van der Waals surface area contributed by atoms with Gasteiger partial charge in [-0.2, -0.15) is 5.10 Å². The maximum atomic E-state index is 16.0. The Morgan fingerprint density at radius 1 is 0.927 bits per heavy atom. The van der Waals surface area contributed by atoms with E-state index in [1.807, 2.05) is 42.5 Å². The topological polar surface area (TPSA) is 76.0 Å². The van der Waals surface area contributed by atoms with E-state index in [-0.39, 0.29) is 5.82 Å². The number of anilines is 1. The lowest BCUT2D eigenvalue weighted by Gasteiger charge is -2.25. The number of carbonyl (C=O) groups excluding carboxylic acids is 1. The Balaban J connectivity index is 1.51. The van der Waals surface area contributed by atoms with Crippen LogP contribution in [0.25, 0.3) is 33.3 Å². The van der Waals surface area contributed by atoms with Crippen molar-refractivity contribution in [3.8, 4) is 22.4 Å². The predicted octanol–water partition coefficient (Wildman–Crippen LogP) is 6.76. The lowest BCUT2D eigenvalue weighted by atomic mass is 10.0. The van der Waals surface area contributed by atoms with E-state index in [4.69, 9.17) is 9.72 Å². The van der Waals surface area contributed by atoms with Gasteiger partial charge in [0.25, 0.3) is 0 Å². The molecule has 3 aromatic heterocycles. The summed E-state index contributed by atoms with van der Waals surface area (Å²) < 4.78 is 22.7. The van der Waals surface area contributed by atoms with Gasteiger partial charge in [0.2, 0.25) is 0 Å². The molecule has 0 saturated carbocycles. The summed E-state index contributed by atoms with van der Waals surface area (Å²) in [6, 6.07) is 27.3. The van der Waals surface area contributed by atoms with Gasteiger partial charge in [-0.1, -0.05) is 72.8 Å². The summed E-state index contributed by atoms with van der Waals surface area (Å²) in [5.74, 6) is -0.246. The molecule has 0 saturated heterocycles. The molecule has 0 fully saturated rings. The average molecular weight is 546 g/mol. The number of aryl methyl sites for hydroxylation is 1. The third-order valence-corrected chi connectivity index (χ3v) is 7.09. The predicted molar refractivity (Wildman–Crippen MR) is 158 cm³/mol. The fraction of sp³-hybridized carbons (Fsp3) is 0.121. The molecule has 204 valence electrons. The molecule has 0 aliphatic heterocycles. The van der Waals surface area contributed by atoms with Gasteiger partial charge in [-0.3, -0.25) is 4.68 Å². The number of hydrogen-bond donors (Lipinski definition) is 1. The largest absolute Gasteiger partial charge is 0.465 e. The fourth-order valence-electron chi connectivity index (χ4n) is 5.10. The highest BCUT2D eigenvalue weighted by Crippen LogP contribution is 2.36. The number of benzene rings is 3. The van der Waals surface area contributed by atoms with Crippen LogP contribution in [0.3, 0.4) is 0 Å². The molecule has 3 aromatic carbocycles. The minimum atomic E-state index is -0.512. The van der Waals surface area contributed by atoms with Gasteiger partial charge in [-0.05, 0) is 23.3 Å². The number of halogens is 1. The number of nitrogens with zero attached hydrogens (tertiary/aromatic N) is 4. The van der Waals surface area contributed by atoms with E-state index in [0.717, 1.165) is 11.1 Å². The Bertz CT molecular complexity index is 1790. The Labute approximate surface area is 236 Å². The van der Waals surface area contributed by atoms with E-state index in [1.54, 1.807) is 42.3 Å². The first-order chi connectivity index (χ1) is 20.0. The SMILES string of the molecule is COC(=O)c1cnc(N(Cc2ccccc2)Cc2ccccc2)c2[nH]c(-c3cccc(-c4cnn(C)c4)c3F)cc12. The Hall–Kier alpha value is -5.24. The second-order valence-corrected chi connectivity index (χ2v) is 9.86. The highest BCUT2D eigenvalue weighted by atomic mass is 19.1. The molecule has 41 heavy (non-hydrogen) atoms. The van der Waals surface area contributed by atoms with Crippen molar-refractivity contribution in [3.05, 3.63) is 126 Å². The molecule has 7 nitrogen and oxygen atoms in total. The second-order valence-electron chi connectivity index (χ2n) is 9.86. The molecule has 0 aliphatic carbocycles. The second kappa shape index (κ2) is 11.1. The van der Waals surface area contributed by atoms with Crippen molar-refractivity contribution < 1.29 is 13.9 Å². The van der Waals surface area contributed by atoms with Crippen LogP contribution >= 0.6 is 0 Å². The molecule has 6 rings (SSSR count). The summed E-state index contributed by atoms with van der Waals surface area (Å²) in [6.07, 6.45) is 4.94. The molecule has 0 aliphatic rings. The summed E-state index contributed by atoms with van der Waals surface area (Å²) in [5.41, 5.74) is 5.17. The van der Waals surface area contributed by atoms with Gasteiger partial charge in [-0.15, -0.1) is 0 Å². The Morgan fingerprint density at radius 3 is 2.20 bits per heavy atom. The highest BCUT2D eigenvalue weighted by molar-refractivity contribution is 6.07. The normalized spacial score (nSPS) is 11.1. The Morgan fingerprint density at radius 2 is 1.59 bits per heavy atom. The first-order valence-electron chi connectivity index (χ1n) is 13.2. The van der Waals surface area contributed by atoms with Gasteiger partial charge in [-0.25, -0.2) is 14.2 Å². The number of nitrogens with one attached hydrogen (secondary N) is 1. The molecule has 0 amide bonds. The zero-order valence-electron chi connectivity index (χ0n) is 22.7. The monoisotopic (exact) mass is 545 g/mol. The number of pyridine rings is 1. The molecule has 0 radical (unpaired) electrons. The van der Waals surface area contributed by atoms with Crippen LogP contribution in [0.5, 0.6) is 0 Å². The zero-order chi connectivity index (χ0) is 28.3. The summed E-state index contributed by atoms with van der Waals surface area (Å²) in [5, 5.41) is 4.79. The maximum Gasteiger partial charge on any atom is 0.340 e. The lowest BCUT2D eigenvalue weighted by Crippen LogP contribution is -2.24. The van der Waals surface area contributed by atoms with E-state index >= 15 is 4.39 Å². The molecular formula is C33H28FN5O2. The number of esters is 1. The Kier molecular flexibility index (Phi) is 7.04. The summed E-state index contributed by atoms with van der Waals surface area (Å²) >= 11 is 0. The maximum absolute atomic E-state index is 16.0. The van der Waals surface area contributed by atoms with Gasteiger partial charge >= 0.3 is 5.97 Å². The standard InChI is InChI=1S/C33H28FN5O2/c1-38-21-24(17-36-38)25-14-9-15-26(30(25)34)29-16-27-28(33(40)41-2)18-35-32(31(27)37-29)39(19-22-10-5-3-6-11-22)20-23-12-7-4-8-13-23/h3-18,21,37H,19-20H2,1-2H3. The van der Waals surface area contributed by atoms with Crippen LogP contribution < -0.4 is 4.90 Å². The van der Waals surface area contributed by atoms with E-state index in [9.17, 15) is 4.79 Å². The molecule has 0 atom stereocenters. The van der Waals surface area contributed by atoms with Crippen molar-refractivity contribution >= 4 is 22.7 Å². The zero-order valence-corrected chi connectivity index (χ0v) is 22.7. The third kappa shape index (κ3) is 5.19. The fourth-order valence-corrected chi connectivity index (χ4v) is 5.10. The molecule has 0 spiro atoms. The van der Waals surface area contributed by atoms with Crippen molar-refractivity contribution in [2.45, 2.75) is 13.1 Å². The molecule has 8 heteroatoms. The average Bonchev–Trinajstić information content (AvgIpc) is 3.64. The number of H-pyrrole nitrogens is 1. The lowest BCUT2D eigenvalue weighted by molar-refractivity contribution is 0.0602. The van der Waals surface area contributed by atoms with Crippen LogP contribution in [0.1, 0.15) is 21.5 Å². The van der Waals surface area contributed by atoms with Gasteiger partial charge in [0, 0.05) is 60.3 Å². The number of hydrogen-bond acceptors (Lipinski definition) is 5. The van der Waals surface area contributed by atoms with Crippen LogP contribution in [0, 0.1) is 5.82 Å². The third-order valence-electron chi connectivity index (χ3n) is 7.09. The highest BCUT2D eigenvalue weighted by Gasteiger charge is 2.23. The van der Waals surface area contributed by atoms with E-state index in [0.29, 0.717) is 57.8 Å². The molecule has 3 heterocycles. The number of methoxy groups -OCH3 is 1. The summed E-state index contributed by atoms with van der Waals surface area (Å²) in [4.78, 5) is 23.1. The van der Waals surface area contributed by atoms with Gasteiger partial charge in [0.15, 0.2) is 5.82 Å². The molecule has 0 bridgehead atoms. The first kappa shape index (κ1) is 26.0. The number of carbonyl (C=O) groups is 1. The van der Waals surface area contributed by atoms with Crippen LogP contribution in [-0.4, -0.2) is 32.8 Å². The summed E-state index contributed by atoms with van der Waals surface area (Å²) in [6.45, 7) is 1.16. The molecule has 1 N–H and O–H groups in total. The molecular weight excluding hydrogens is 517 g/mol. The smallest absolute Gasteiger partial charge is 0.340 e. The summed E-state index contributed by atoms with van der Waals surface area (Å²) in [7, 11) is 3.13. The van der Waals surface area contributed by atoms with Gasteiger partial charge in [0.05, 0.1) is 24.4 Å². The number of fused-ring (bicyclic) bond motifs is 1. The van der Waals surface area contributed by atoms with E-state index < -0.39 is 5.97 Å². The number of aromatic amines is 1. The van der Waals surface area contributed by atoms with Crippen LogP contribution in [0.4, 0.5) is 10.2 Å². The molecule has 6 aromatic rings. The van der Waals surface area contributed by atoms with Crippen molar-refractivity contribution in [1.29, 1.82) is 0 Å². The van der Waals surface area contributed by atoms with Crippen molar-refractivity contribution in [1.82, 2.24) is 19.7 Å². The van der Waals surface area contributed by atoms with Crippen LogP contribution in [0.2, 0.25) is 0 Å². The van der Waals surface area contributed by atoms with Crippen LogP contribution in [0.15, 0.2) is 104 Å². The molecule has 0 unspecified atom stereocenters. The van der Waals surface area contributed by atoms with Crippen molar-refractivity contribution in [3.63, 3.8) is 0 Å². The number of ether oxygens (including phenoxy) is 1. The van der Waals surface area contributed by atoms with Gasteiger partial charge < -0.3 is 14.6 Å². The van der Waals surface area contributed by atoms with Gasteiger partial charge in [0.1, 0.15) is 5.82 Å². The minimum Gasteiger partial charge on any atom is -0.465 e. The van der Waals surface area contributed by atoms with E-state index in [1.165, 1.54) is 13.3 Å². The quantitative estimate of drug-likeness (QED) is 0.214. The minimum absolute atomic E-state index is 0.303. The van der Waals surface area contributed by atoms with Crippen LogP contribution in [-0.2, 0) is 24.9 Å². The number of aromatic nitrogens is 4. The first-order valence-corrected chi connectivity index (χ1v) is 13.2. The van der Waals surface area contributed by atoms with Crippen molar-refractivity contribution in [2.75, 3.05) is 12.0 Å².